The molecule has 30 heavy (non-hydrogen) atoms. The summed E-state index contributed by atoms with van der Waals surface area (Å²) >= 11 is 0. The highest BCUT2D eigenvalue weighted by Gasteiger charge is 2.22. The molecule has 5 heteroatoms. The molecule has 2 N–H and O–H groups in total. The molecule has 0 spiro atoms. The van der Waals surface area contributed by atoms with Gasteiger partial charge < -0.3 is 15.3 Å². The second-order valence-corrected chi connectivity index (χ2v) is 8.44. The Kier molecular flexibility index (Phi) is 7.63. The SMILES string of the molecule is CC(C)CC(NCC(=O)c1ccccc1C(=O)O)c1ccccc1N1CCCCC1. The lowest BCUT2D eigenvalue weighted by molar-refractivity contribution is 0.0692. The Labute approximate surface area is 179 Å². The lowest BCUT2D eigenvalue weighted by Crippen LogP contribution is -2.33. The number of rotatable bonds is 9. The van der Waals surface area contributed by atoms with Crippen LogP contribution in [-0.2, 0) is 0 Å². The molecule has 0 saturated carbocycles. The van der Waals surface area contributed by atoms with E-state index in [1.54, 1.807) is 18.2 Å². The van der Waals surface area contributed by atoms with Gasteiger partial charge in [-0.2, -0.15) is 0 Å². The molecule has 1 aliphatic rings. The number of carbonyl (C=O) groups is 2. The second-order valence-electron chi connectivity index (χ2n) is 8.44. The normalized spacial score (nSPS) is 15.2. The summed E-state index contributed by atoms with van der Waals surface area (Å²) in [5, 5.41) is 12.8. The average molecular weight is 409 g/mol. The molecule has 0 radical (unpaired) electrons. The van der Waals surface area contributed by atoms with Crippen LogP contribution in [-0.4, -0.2) is 36.5 Å². The molecule has 1 atom stereocenters. The highest BCUT2D eigenvalue weighted by Crippen LogP contribution is 2.32. The highest BCUT2D eigenvalue weighted by molar-refractivity contribution is 6.06. The molecular formula is C25H32N2O3. The molecule has 160 valence electrons. The zero-order valence-electron chi connectivity index (χ0n) is 17.9. The third kappa shape index (κ3) is 5.48. The minimum absolute atomic E-state index is 0.0315. The van der Waals surface area contributed by atoms with Gasteiger partial charge in [-0.05, 0) is 49.3 Å². The summed E-state index contributed by atoms with van der Waals surface area (Å²) in [5.74, 6) is -0.816. The van der Waals surface area contributed by atoms with E-state index in [0.717, 1.165) is 19.5 Å². The molecule has 1 aliphatic heterocycles. The van der Waals surface area contributed by atoms with Crippen LogP contribution in [0.5, 0.6) is 0 Å². The lowest BCUT2D eigenvalue weighted by atomic mass is 9.94. The van der Waals surface area contributed by atoms with Gasteiger partial charge in [0.1, 0.15) is 0 Å². The smallest absolute Gasteiger partial charge is 0.336 e. The van der Waals surface area contributed by atoms with Crippen LogP contribution < -0.4 is 10.2 Å². The zero-order chi connectivity index (χ0) is 21.5. The number of piperidine rings is 1. The number of nitrogens with zero attached hydrogens (tertiary/aromatic N) is 1. The molecule has 0 aliphatic carbocycles. The Morgan fingerprint density at radius 2 is 1.60 bits per heavy atom. The van der Waals surface area contributed by atoms with Gasteiger partial charge in [-0.1, -0.05) is 50.2 Å². The topological polar surface area (TPSA) is 69.6 Å². The third-order valence-electron chi connectivity index (χ3n) is 5.68. The number of hydrogen-bond acceptors (Lipinski definition) is 4. The summed E-state index contributed by atoms with van der Waals surface area (Å²) < 4.78 is 0. The summed E-state index contributed by atoms with van der Waals surface area (Å²) in [6.07, 6.45) is 4.60. The molecule has 0 amide bonds. The minimum Gasteiger partial charge on any atom is -0.478 e. The first-order chi connectivity index (χ1) is 14.5. The highest BCUT2D eigenvalue weighted by atomic mass is 16.4. The molecule has 3 rings (SSSR count). The largest absolute Gasteiger partial charge is 0.478 e. The van der Waals surface area contributed by atoms with Crippen molar-refractivity contribution in [2.75, 3.05) is 24.5 Å². The standard InChI is InChI=1S/C25H32N2O3/c1-18(2)16-22(21-12-6-7-13-23(21)27-14-8-3-9-15-27)26-17-24(28)19-10-4-5-11-20(19)25(29)30/h4-7,10-13,18,22,26H,3,8-9,14-17H2,1-2H3,(H,29,30). The first kappa shape index (κ1) is 22.0. The number of carbonyl (C=O) groups excluding carboxylic acids is 1. The summed E-state index contributed by atoms with van der Waals surface area (Å²) in [7, 11) is 0. The Morgan fingerprint density at radius 1 is 0.967 bits per heavy atom. The van der Waals surface area contributed by atoms with E-state index in [0.29, 0.717) is 5.92 Å². The van der Waals surface area contributed by atoms with Gasteiger partial charge in [0.2, 0.25) is 0 Å². The van der Waals surface area contributed by atoms with Crippen LogP contribution in [0.3, 0.4) is 0 Å². The number of Topliss-reactive ketones (excluding diaryl/α,β-unsaturated/α-hetero) is 1. The van der Waals surface area contributed by atoms with Crippen molar-refractivity contribution in [3.8, 4) is 0 Å². The van der Waals surface area contributed by atoms with Crippen molar-refractivity contribution in [2.45, 2.75) is 45.6 Å². The summed E-state index contributed by atoms with van der Waals surface area (Å²) in [6, 6.07) is 14.9. The maximum Gasteiger partial charge on any atom is 0.336 e. The molecule has 1 fully saturated rings. The van der Waals surface area contributed by atoms with Crippen molar-refractivity contribution < 1.29 is 14.7 Å². The van der Waals surface area contributed by atoms with Crippen LogP contribution in [0.2, 0.25) is 0 Å². The number of carboxylic acid groups (broad SMARTS) is 1. The quantitative estimate of drug-likeness (QED) is 0.576. The van der Waals surface area contributed by atoms with E-state index in [4.69, 9.17) is 0 Å². The lowest BCUT2D eigenvalue weighted by Gasteiger charge is -2.33. The Morgan fingerprint density at radius 3 is 2.27 bits per heavy atom. The minimum atomic E-state index is -1.08. The van der Waals surface area contributed by atoms with E-state index in [1.165, 1.54) is 36.6 Å². The first-order valence-corrected chi connectivity index (χ1v) is 10.9. The van der Waals surface area contributed by atoms with E-state index in [-0.39, 0.29) is 29.5 Å². The van der Waals surface area contributed by atoms with Crippen LogP contribution in [0.1, 0.15) is 71.9 Å². The third-order valence-corrected chi connectivity index (χ3v) is 5.68. The Balaban J connectivity index is 1.81. The zero-order valence-corrected chi connectivity index (χ0v) is 17.9. The van der Waals surface area contributed by atoms with Gasteiger partial charge in [0.15, 0.2) is 5.78 Å². The van der Waals surface area contributed by atoms with Crippen molar-refractivity contribution in [2.24, 2.45) is 5.92 Å². The molecule has 0 bridgehead atoms. The number of hydrogen-bond donors (Lipinski definition) is 2. The Bertz CT molecular complexity index is 872. The molecule has 2 aromatic carbocycles. The van der Waals surface area contributed by atoms with E-state index in [2.05, 4.69) is 48.3 Å². The molecule has 1 saturated heterocycles. The van der Waals surface area contributed by atoms with Gasteiger partial charge in [-0.25, -0.2) is 4.79 Å². The number of benzene rings is 2. The molecular weight excluding hydrogens is 376 g/mol. The van der Waals surface area contributed by atoms with Gasteiger partial charge in [0.25, 0.3) is 0 Å². The second kappa shape index (κ2) is 10.4. The number of nitrogens with one attached hydrogen (secondary N) is 1. The van der Waals surface area contributed by atoms with E-state index >= 15 is 0 Å². The van der Waals surface area contributed by atoms with Crippen LogP contribution >= 0.6 is 0 Å². The molecule has 0 aromatic heterocycles. The van der Waals surface area contributed by atoms with Crippen LogP contribution in [0.15, 0.2) is 48.5 Å². The number of anilines is 1. The molecule has 1 heterocycles. The van der Waals surface area contributed by atoms with Crippen LogP contribution in [0.4, 0.5) is 5.69 Å². The summed E-state index contributed by atoms with van der Waals surface area (Å²) in [5.41, 5.74) is 2.77. The predicted octanol–water partition coefficient (Wildman–Crippen LogP) is 4.93. The average Bonchev–Trinajstić information content (AvgIpc) is 2.76. The first-order valence-electron chi connectivity index (χ1n) is 10.9. The van der Waals surface area contributed by atoms with E-state index < -0.39 is 5.97 Å². The monoisotopic (exact) mass is 408 g/mol. The fourth-order valence-corrected chi connectivity index (χ4v) is 4.22. The summed E-state index contributed by atoms with van der Waals surface area (Å²) in [4.78, 5) is 26.8. The summed E-state index contributed by atoms with van der Waals surface area (Å²) in [6.45, 7) is 6.60. The number of ketones is 1. The van der Waals surface area contributed by atoms with Gasteiger partial charge in [-0.15, -0.1) is 0 Å². The van der Waals surface area contributed by atoms with Gasteiger partial charge >= 0.3 is 5.97 Å². The van der Waals surface area contributed by atoms with Crippen LogP contribution in [0, 0.1) is 5.92 Å². The van der Waals surface area contributed by atoms with Gasteiger partial charge in [-0.3, -0.25) is 4.79 Å². The van der Waals surface area contributed by atoms with Crippen molar-refractivity contribution in [3.05, 3.63) is 65.2 Å². The number of aromatic carboxylic acids is 1. The van der Waals surface area contributed by atoms with Gasteiger partial charge in [0, 0.05) is 30.4 Å². The maximum absolute atomic E-state index is 12.8. The Hall–Kier alpha value is -2.66. The molecule has 5 nitrogen and oxygen atoms in total. The van der Waals surface area contributed by atoms with Gasteiger partial charge in [0.05, 0.1) is 12.1 Å². The van der Waals surface area contributed by atoms with Crippen molar-refractivity contribution in [1.29, 1.82) is 0 Å². The number of para-hydroxylation sites is 1. The fraction of sp³-hybridized carbons (Fsp3) is 0.440. The van der Waals surface area contributed by atoms with Crippen molar-refractivity contribution in [3.63, 3.8) is 0 Å². The molecule has 2 aromatic rings. The maximum atomic E-state index is 12.8. The number of carboxylic acids is 1. The van der Waals surface area contributed by atoms with Crippen molar-refractivity contribution in [1.82, 2.24) is 5.32 Å². The van der Waals surface area contributed by atoms with Crippen LogP contribution in [0.25, 0.3) is 0 Å². The fourth-order valence-electron chi connectivity index (χ4n) is 4.22. The van der Waals surface area contributed by atoms with E-state index in [1.807, 2.05) is 0 Å². The predicted molar refractivity (Wildman–Crippen MR) is 120 cm³/mol. The van der Waals surface area contributed by atoms with E-state index in [9.17, 15) is 14.7 Å². The molecule has 1 unspecified atom stereocenters. The van der Waals surface area contributed by atoms with Crippen molar-refractivity contribution >= 4 is 17.4 Å².